The van der Waals surface area contributed by atoms with Crippen LogP contribution in [0.1, 0.15) is 25.8 Å². The molecular weight excluding hydrogens is 210 g/mol. The van der Waals surface area contributed by atoms with Gasteiger partial charge in [-0.1, -0.05) is 20.3 Å². The fourth-order valence-electron chi connectivity index (χ4n) is 2.04. The van der Waals surface area contributed by atoms with E-state index in [1.54, 1.807) is 0 Å². The Labute approximate surface area is 105 Å². The zero-order valence-corrected chi connectivity index (χ0v) is 11.5. The molecule has 0 saturated carbocycles. The molecular formula is C14H25N3. The summed E-state index contributed by atoms with van der Waals surface area (Å²) in [5.74, 6) is 0.708. The molecule has 1 aromatic rings. The molecule has 3 heteroatoms. The molecule has 0 aliphatic rings. The van der Waals surface area contributed by atoms with Crippen molar-refractivity contribution in [1.82, 2.24) is 15.2 Å². The molecule has 0 aromatic carbocycles. The Kier molecular flexibility index (Phi) is 6.16. The van der Waals surface area contributed by atoms with Crippen LogP contribution in [0.4, 0.5) is 0 Å². The summed E-state index contributed by atoms with van der Waals surface area (Å²) < 4.78 is 0. The van der Waals surface area contributed by atoms with E-state index in [9.17, 15) is 0 Å². The van der Waals surface area contributed by atoms with Crippen LogP contribution in [0.2, 0.25) is 0 Å². The molecule has 2 unspecified atom stereocenters. The molecule has 0 radical (unpaired) electrons. The summed E-state index contributed by atoms with van der Waals surface area (Å²) in [6.45, 7) is 6.62. The number of hydrogen-bond acceptors (Lipinski definition) is 3. The summed E-state index contributed by atoms with van der Waals surface area (Å²) in [6.07, 6.45) is 4.93. The maximum atomic E-state index is 4.04. The molecule has 17 heavy (non-hydrogen) atoms. The summed E-state index contributed by atoms with van der Waals surface area (Å²) >= 11 is 0. The Bertz CT molecular complexity index is 300. The number of rotatable bonds is 7. The molecule has 2 atom stereocenters. The molecule has 3 nitrogen and oxygen atoms in total. The Morgan fingerprint density at radius 3 is 2.53 bits per heavy atom. The topological polar surface area (TPSA) is 28.2 Å². The third kappa shape index (κ3) is 4.84. The molecule has 96 valence electrons. The van der Waals surface area contributed by atoms with E-state index in [1.807, 2.05) is 12.4 Å². The van der Waals surface area contributed by atoms with E-state index in [2.05, 4.69) is 55.3 Å². The number of aromatic nitrogens is 1. The minimum absolute atomic E-state index is 0.562. The molecule has 0 aliphatic heterocycles. The maximum absolute atomic E-state index is 4.04. The van der Waals surface area contributed by atoms with E-state index in [0.717, 1.165) is 13.1 Å². The van der Waals surface area contributed by atoms with Crippen LogP contribution < -0.4 is 5.32 Å². The van der Waals surface area contributed by atoms with Gasteiger partial charge in [-0.25, -0.2) is 0 Å². The fraction of sp³-hybridized carbons (Fsp3) is 0.643. The van der Waals surface area contributed by atoms with E-state index in [0.29, 0.717) is 12.0 Å². The molecule has 1 heterocycles. The van der Waals surface area contributed by atoms with Gasteiger partial charge < -0.3 is 10.2 Å². The molecule has 1 N–H and O–H groups in total. The van der Waals surface area contributed by atoms with Gasteiger partial charge in [-0.2, -0.15) is 0 Å². The maximum Gasteiger partial charge on any atom is 0.0271 e. The molecule has 1 aromatic heterocycles. The summed E-state index contributed by atoms with van der Waals surface area (Å²) in [5.41, 5.74) is 1.32. The van der Waals surface area contributed by atoms with Crippen LogP contribution in [0.25, 0.3) is 0 Å². The third-order valence-electron chi connectivity index (χ3n) is 3.41. The highest BCUT2D eigenvalue weighted by molar-refractivity contribution is 5.09. The number of nitrogens with zero attached hydrogens (tertiary/aromatic N) is 2. The number of pyridine rings is 1. The van der Waals surface area contributed by atoms with Crippen molar-refractivity contribution in [2.24, 2.45) is 5.92 Å². The normalized spacial score (nSPS) is 14.9. The zero-order valence-electron chi connectivity index (χ0n) is 11.5. The first-order valence-electron chi connectivity index (χ1n) is 6.42. The van der Waals surface area contributed by atoms with Crippen molar-refractivity contribution in [2.75, 3.05) is 20.6 Å². The largest absolute Gasteiger partial charge is 0.315 e. The highest BCUT2D eigenvalue weighted by atomic mass is 15.1. The quantitative estimate of drug-likeness (QED) is 0.785. The molecule has 0 aliphatic carbocycles. The van der Waals surface area contributed by atoms with Crippen molar-refractivity contribution in [2.45, 2.75) is 32.9 Å². The predicted molar refractivity (Wildman–Crippen MR) is 72.9 cm³/mol. The van der Waals surface area contributed by atoms with E-state index < -0.39 is 0 Å². The van der Waals surface area contributed by atoms with Crippen molar-refractivity contribution < 1.29 is 0 Å². The third-order valence-corrected chi connectivity index (χ3v) is 3.41. The molecule has 0 fully saturated rings. The zero-order chi connectivity index (χ0) is 12.7. The predicted octanol–water partition coefficient (Wildman–Crippen LogP) is 2.15. The Hall–Kier alpha value is -0.930. The van der Waals surface area contributed by atoms with Crippen molar-refractivity contribution in [1.29, 1.82) is 0 Å². The molecule has 0 saturated heterocycles. The highest BCUT2D eigenvalue weighted by Crippen LogP contribution is 2.10. The van der Waals surface area contributed by atoms with Crippen molar-refractivity contribution in [3.8, 4) is 0 Å². The van der Waals surface area contributed by atoms with Crippen molar-refractivity contribution in [3.63, 3.8) is 0 Å². The first-order valence-corrected chi connectivity index (χ1v) is 6.42. The summed E-state index contributed by atoms with van der Waals surface area (Å²) in [4.78, 5) is 6.40. The van der Waals surface area contributed by atoms with Crippen molar-refractivity contribution in [3.05, 3.63) is 30.1 Å². The van der Waals surface area contributed by atoms with Crippen LogP contribution in [0.15, 0.2) is 24.5 Å². The van der Waals surface area contributed by atoms with E-state index in [1.165, 1.54) is 12.0 Å². The lowest BCUT2D eigenvalue weighted by Crippen LogP contribution is -2.41. The second-order valence-electron chi connectivity index (χ2n) is 4.83. The van der Waals surface area contributed by atoms with Crippen LogP contribution in [0.3, 0.4) is 0 Å². The van der Waals surface area contributed by atoms with E-state index in [-0.39, 0.29) is 0 Å². The second kappa shape index (κ2) is 7.41. The Morgan fingerprint density at radius 1 is 1.35 bits per heavy atom. The lowest BCUT2D eigenvalue weighted by atomic mass is 9.99. The van der Waals surface area contributed by atoms with Gasteiger partial charge in [0.15, 0.2) is 0 Å². The monoisotopic (exact) mass is 235 g/mol. The molecule has 1 rings (SSSR count). The van der Waals surface area contributed by atoms with Gasteiger partial charge >= 0.3 is 0 Å². The molecule has 0 bridgehead atoms. The highest BCUT2D eigenvalue weighted by Gasteiger charge is 2.15. The average Bonchev–Trinajstić information content (AvgIpc) is 2.36. The van der Waals surface area contributed by atoms with Gasteiger partial charge in [-0.05, 0) is 37.7 Å². The smallest absolute Gasteiger partial charge is 0.0271 e. The van der Waals surface area contributed by atoms with Gasteiger partial charge in [0.1, 0.15) is 0 Å². The summed E-state index contributed by atoms with van der Waals surface area (Å²) in [6, 6.07) is 4.72. The number of hydrogen-bond donors (Lipinski definition) is 1. The van der Waals surface area contributed by atoms with Gasteiger partial charge in [0.25, 0.3) is 0 Å². The number of likely N-dealkylation sites (N-methyl/N-ethyl adjacent to an activating group) is 2. The average molecular weight is 235 g/mol. The van der Waals surface area contributed by atoms with Gasteiger partial charge in [-0.15, -0.1) is 0 Å². The van der Waals surface area contributed by atoms with Crippen LogP contribution in [-0.2, 0) is 6.54 Å². The number of nitrogens with one attached hydrogen (secondary N) is 1. The van der Waals surface area contributed by atoms with Gasteiger partial charge in [-0.3, -0.25) is 4.98 Å². The van der Waals surface area contributed by atoms with Crippen LogP contribution in [-0.4, -0.2) is 36.6 Å². The standard InChI is InChI=1S/C14H25N3/c1-5-12(2)14(15-3)11-17(4)10-13-6-8-16-9-7-13/h6-9,12,14-15H,5,10-11H2,1-4H3. The van der Waals surface area contributed by atoms with E-state index >= 15 is 0 Å². The van der Waals surface area contributed by atoms with Crippen LogP contribution in [0.5, 0.6) is 0 Å². The molecule has 0 spiro atoms. The second-order valence-corrected chi connectivity index (χ2v) is 4.83. The van der Waals surface area contributed by atoms with E-state index in [4.69, 9.17) is 0 Å². The van der Waals surface area contributed by atoms with Gasteiger partial charge in [0, 0.05) is 31.5 Å². The summed E-state index contributed by atoms with van der Waals surface area (Å²) in [7, 11) is 4.23. The minimum atomic E-state index is 0.562. The Balaban J connectivity index is 2.45. The van der Waals surface area contributed by atoms with Gasteiger partial charge in [0.2, 0.25) is 0 Å². The minimum Gasteiger partial charge on any atom is -0.315 e. The molecule has 0 amide bonds. The lowest BCUT2D eigenvalue weighted by molar-refractivity contribution is 0.246. The first kappa shape index (κ1) is 14.1. The first-order chi connectivity index (χ1) is 8.17. The SMILES string of the molecule is CCC(C)C(CN(C)Cc1ccncc1)NC. The van der Waals surface area contributed by atoms with Crippen LogP contribution in [0, 0.1) is 5.92 Å². The summed E-state index contributed by atoms with van der Waals surface area (Å²) in [5, 5.41) is 3.42. The van der Waals surface area contributed by atoms with Crippen LogP contribution >= 0.6 is 0 Å². The Morgan fingerprint density at radius 2 is 2.00 bits per heavy atom. The fourth-order valence-corrected chi connectivity index (χ4v) is 2.04. The van der Waals surface area contributed by atoms with Crippen molar-refractivity contribution >= 4 is 0 Å². The lowest BCUT2D eigenvalue weighted by Gasteiger charge is -2.27. The van der Waals surface area contributed by atoms with Gasteiger partial charge in [0.05, 0.1) is 0 Å².